The zero-order chi connectivity index (χ0) is 13.3. The van der Waals surface area contributed by atoms with Crippen molar-refractivity contribution in [1.82, 2.24) is 4.90 Å². The highest BCUT2D eigenvalue weighted by atomic mass is 15.2. The van der Waals surface area contributed by atoms with E-state index in [0.717, 1.165) is 6.54 Å². The highest BCUT2D eigenvalue weighted by molar-refractivity contribution is 5.40. The van der Waals surface area contributed by atoms with Gasteiger partial charge in [-0.3, -0.25) is 4.90 Å². The summed E-state index contributed by atoms with van der Waals surface area (Å²) in [6.45, 7) is 10.8. The Morgan fingerprint density at radius 1 is 1.28 bits per heavy atom. The summed E-state index contributed by atoms with van der Waals surface area (Å²) in [5.74, 6) is 0. The van der Waals surface area contributed by atoms with Crippen LogP contribution in [0.4, 0.5) is 0 Å². The van der Waals surface area contributed by atoms with Gasteiger partial charge in [0, 0.05) is 18.6 Å². The minimum Gasteiger partial charge on any atom is -0.329 e. The van der Waals surface area contributed by atoms with Gasteiger partial charge in [0.2, 0.25) is 0 Å². The van der Waals surface area contributed by atoms with Gasteiger partial charge >= 0.3 is 0 Å². The van der Waals surface area contributed by atoms with Gasteiger partial charge in [-0.15, -0.1) is 0 Å². The molecule has 2 unspecified atom stereocenters. The molecule has 0 aromatic heterocycles. The molecular weight excluding hydrogens is 220 g/mol. The van der Waals surface area contributed by atoms with Crippen LogP contribution in [0.1, 0.15) is 48.1 Å². The molecule has 100 valence electrons. The average Bonchev–Trinajstić information content (AvgIpc) is 2.69. The predicted octanol–water partition coefficient (Wildman–Crippen LogP) is 3.10. The first kappa shape index (κ1) is 13.6. The van der Waals surface area contributed by atoms with E-state index >= 15 is 0 Å². The van der Waals surface area contributed by atoms with Gasteiger partial charge in [0.15, 0.2) is 0 Å². The number of hydrogen-bond acceptors (Lipinski definition) is 2. The van der Waals surface area contributed by atoms with E-state index < -0.39 is 0 Å². The minimum atomic E-state index is 0.392. The molecular formula is C16H26N2. The fourth-order valence-electron chi connectivity index (χ4n) is 3.55. The van der Waals surface area contributed by atoms with Crippen molar-refractivity contribution in [1.29, 1.82) is 0 Å². The van der Waals surface area contributed by atoms with E-state index in [1.54, 1.807) is 0 Å². The van der Waals surface area contributed by atoms with Crippen LogP contribution in [0.2, 0.25) is 0 Å². The van der Waals surface area contributed by atoms with Crippen LogP contribution in [0, 0.1) is 20.8 Å². The lowest BCUT2D eigenvalue weighted by Gasteiger charge is -2.33. The molecule has 18 heavy (non-hydrogen) atoms. The molecule has 1 aromatic carbocycles. The summed E-state index contributed by atoms with van der Waals surface area (Å²) < 4.78 is 0. The summed E-state index contributed by atoms with van der Waals surface area (Å²) in [5.41, 5.74) is 11.7. The van der Waals surface area contributed by atoms with Crippen LogP contribution in [0.25, 0.3) is 0 Å². The lowest BCUT2D eigenvalue weighted by molar-refractivity contribution is 0.194. The van der Waals surface area contributed by atoms with Crippen molar-refractivity contribution in [2.75, 3.05) is 13.1 Å². The van der Waals surface area contributed by atoms with Gasteiger partial charge in [0.25, 0.3) is 0 Å². The van der Waals surface area contributed by atoms with Crippen LogP contribution >= 0.6 is 0 Å². The number of aryl methyl sites for hydroxylation is 3. The van der Waals surface area contributed by atoms with Crippen molar-refractivity contribution < 1.29 is 0 Å². The Bertz CT molecular complexity index is 402. The van der Waals surface area contributed by atoms with Gasteiger partial charge in [0.1, 0.15) is 0 Å². The van der Waals surface area contributed by atoms with Crippen LogP contribution in [-0.4, -0.2) is 24.0 Å². The normalized spacial score (nSPS) is 22.4. The smallest absolute Gasteiger partial charge is 0.0478 e. The van der Waals surface area contributed by atoms with Crippen LogP contribution in [0.5, 0.6) is 0 Å². The average molecular weight is 246 g/mol. The molecule has 2 N–H and O–H groups in total. The molecule has 2 heteroatoms. The van der Waals surface area contributed by atoms with Gasteiger partial charge in [0.05, 0.1) is 0 Å². The maximum absolute atomic E-state index is 6.08. The third kappa shape index (κ3) is 2.45. The van der Waals surface area contributed by atoms with E-state index in [0.29, 0.717) is 12.1 Å². The summed E-state index contributed by atoms with van der Waals surface area (Å²) in [7, 11) is 0. The molecule has 0 bridgehead atoms. The SMILES string of the molecule is Cc1cc(C)c(C(CN)N2CCCC2C)c(C)c1. The Morgan fingerprint density at radius 3 is 2.33 bits per heavy atom. The Hall–Kier alpha value is -0.860. The quantitative estimate of drug-likeness (QED) is 0.888. The molecule has 1 aliphatic rings. The van der Waals surface area contributed by atoms with Crippen molar-refractivity contribution in [3.05, 3.63) is 34.4 Å². The molecule has 1 saturated heterocycles. The van der Waals surface area contributed by atoms with E-state index in [1.807, 2.05) is 0 Å². The number of nitrogens with two attached hydrogens (primary N) is 1. The number of likely N-dealkylation sites (tertiary alicyclic amines) is 1. The van der Waals surface area contributed by atoms with Crippen LogP contribution in [-0.2, 0) is 0 Å². The lowest BCUT2D eigenvalue weighted by atomic mass is 9.93. The molecule has 2 nitrogen and oxygen atoms in total. The van der Waals surface area contributed by atoms with Crippen LogP contribution in [0.15, 0.2) is 12.1 Å². The van der Waals surface area contributed by atoms with E-state index in [-0.39, 0.29) is 0 Å². The molecule has 0 saturated carbocycles. The van der Waals surface area contributed by atoms with E-state index in [2.05, 4.69) is 44.7 Å². The zero-order valence-corrected chi connectivity index (χ0v) is 12.2. The van der Waals surface area contributed by atoms with Gasteiger partial charge in [-0.1, -0.05) is 17.7 Å². The van der Waals surface area contributed by atoms with Gasteiger partial charge in [-0.2, -0.15) is 0 Å². The largest absolute Gasteiger partial charge is 0.329 e. The third-order valence-electron chi connectivity index (χ3n) is 4.30. The second kappa shape index (κ2) is 5.41. The molecule has 0 radical (unpaired) electrons. The highest BCUT2D eigenvalue weighted by Gasteiger charge is 2.29. The molecule has 2 rings (SSSR count). The zero-order valence-electron chi connectivity index (χ0n) is 12.2. The monoisotopic (exact) mass is 246 g/mol. The lowest BCUT2D eigenvalue weighted by Crippen LogP contribution is -2.36. The topological polar surface area (TPSA) is 29.3 Å². The maximum Gasteiger partial charge on any atom is 0.0478 e. The Balaban J connectivity index is 2.38. The highest BCUT2D eigenvalue weighted by Crippen LogP contribution is 2.32. The number of rotatable bonds is 3. The molecule has 1 heterocycles. The standard InChI is InChI=1S/C16H26N2/c1-11-8-12(2)16(13(3)9-11)15(10-17)18-7-5-6-14(18)4/h8-9,14-15H,5-7,10,17H2,1-4H3. The Morgan fingerprint density at radius 2 is 1.89 bits per heavy atom. The van der Waals surface area contributed by atoms with Gasteiger partial charge in [-0.25, -0.2) is 0 Å². The summed E-state index contributed by atoms with van der Waals surface area (Å²) in [5, 5.41) is 0. The van der Waals surface area contributed by atoms with Crippen molar-refractivity contribution in [3.63, 3.8) is 0 Å². The molecule has 2 atom stereocenters. The van der Waals surface area contributed by atoms with Crippen LogP contribution < -0.4 is 5.73 Å². The second-order valence-corrected chi connectivity index (χ2v) is 5.79. The Kier molecular flexibility index (Phi) is 4.08. The van der Waals surface area contributed by atoms with E-state index in [4.69, 9.17) is 5.73 Å². The molecule has 0 amide bonds. The summed E-state index contributed by atoms with van der Waals surface area (Å²) >= 11 is 0. The fourth-order valence-corrected chi connectivity index (χ4v) is 3.55. The summed E-state index contributed by atoms with van der Waals surface area (Å²) in [6.07, 6.45) is 2.61. The van der Waals surface area contributed by atoms with Crippen molar-refractivity contribution >= 4 is 0 Å². The first-order chi connectivity index (χ1) is 8.54. The minimum absolute atomic E-state index is 0.392. The molecule has 1 aromatic rings. The van der Waals surface area contributed by atoms with Crippen molar-refractivity contribution in [3.8, 4) is 0 Å². The second-order valence-electron chi connectivity index (χ2n) is 5.79. The molecule has 0 spiro atoms. The number of benzene rings is 1. The Labute approximate surface area is 111 Å². The van der Waals surface area contributed by atoms with E-state index in [9.17, 15) is 0 Å². The van der Waals surface area contributed by atoms with Crippen molar-refractivity contribution in [2.45, 2.75) is 52.6 Å². The summed E-state index contributed by atoms with van der Waals surface area (Å²) in [6, 6.07) is 5.62. The van der Waals surface area contributed by atoms with Gasteiger partial charge in [-0.05, 0) is 63.8 Å². The predicted molar refractivity (Wildman–Crippen MR) is 77.9 cm³/mol. The van der Waals surface area contributed by atoms with Crippen LogP contribution in [0.3, 0.4) is 0 Å². The fraction of sp³-hybridized carbons (Fsp3) is 0.625. The van der Waals surface area contributed by atoms with Crippen molar-refractivity contribution in [2.24, 2.45) is 5.73 Å². The molecule has 1 aliphatic heterocycles. The maximum atomic E-state index is 6.08. The van der Waals surface area contributed by atoms with Gasteiger partial charge < -0.3 is 5.73 Å². The summed E-state index contributed by atoms with van der Waals surface area (Å²) in [4.78, 5) is 2.59. The molecule has 0 aliphatic carbocycles. The first-order valence-electron chi connectivity index (χ1n) is 7.08. The molecule has 1 fully saturated rings. The number of nitrogens with zero attached hydrogens (tertiary/aromatic N) is 1. The van der Waals surface area contributed by atoms with E-state index in [1.165, 1.54) is 41.6 Å². The third-order valence-corrected chi connectivity index (χ3v) is 4.30. The first-order valence-corrected chi connectivity index (χ1v) is 7.08. The number of hydrogen-bond donors (Lipinski definition) is 1.